The van der Waals surface area contributed by atoms with Gasteiger partial charge in [-0.25, -0.2) is 0 Å². The van der Waals surface area contributed by atoms with Crippen LogP contribution in [0.5, 0.6) is 0 Å². The average Bonchev–Trinajstić information content (AvgIpc) is 2.36. The topological polar surface area (TPSA) is 24.9 Å². The summed E-state index contributed by atoms with van der Waals surface area (Å²) in [6.45, 7) is 0.930. The number of nitrogens with zero attached hydrogens (tertiary/aromatic N) is 1. The van der Waals surface area contributed by atoms with Crippen molar-refractivity contribution in [2.45, 2.75) is 50.6 Å². The Balaban J connectivity index is 1.46. The maximum atomic E-state index is 4.49. The van der Waals surface area contributed by atoms with Gasteiger partial charge in [0.15, 0.2) is 0 Å². The van der Waals surface area contributed by atoms with Crippen molar-refractivity contribution in [3.05, 3.63) is 28.5 Å². The number of pyridine rings is 1. The van der Waals surface area contributed by atoms with Crippen LogP contribution in [0.2, 0.25) is 0 Å². The molecule has 1 aromatic heterocycles. The molecule has 4 fully saturated rings. The van der Waals surface area contributed by atoms with E-state index in [2.05, 4.69) is 38.4 Å². The lowest BCUT2D eigenvalue weighted by molar-refractivity contribution is -0.0207. The number of hydrogen-bond acceptors (Lipinski definition) is 2. The summed E-state index contributed by atoms with van der Waals surface area (Å²) in [6.07, 6.45) is 10.7. The van der Waals surface area contributed by atoms with E-state index in [4.69, 9.17) is 0 Å². The monoisotopic (exact) mass is 320 g/mol. The minimum absolute atomic E-state index is 0.448. The zero-order valence-corrected chi connectivity index (χ0v) is 12.8. The van der Waals surface area contributed by atoms with Crippen molar-refractivity contribution in [2.75, 3.05) is 0 Å². The number of aromatic nitrogens is 1. The second-order valence-corrected chi connectivity index (χ2v) is 7.93. The molecular formula is C16H21BrN2. The first-order valence-corrected chi connectivity index (χ1v) is 8.36. The van der Waals surface area contributed by atoms with Gasteiger partial charge in [0.25, 0.3) is 0 Å². The summed E-state index contributed by atoms with van der Waals surface area (Å²) in [4.78, 5) is 4.49. The van der Waals surface area contributed by atoms with E-state index in [0.717, 1.165) is 28.8 Å². The summed E-state index contributed by atoms with van der Waals surface area (Å²) in [5.41, 5.74) is 1.61. The molecule has 102 valence electrons. The highest BCUT2D eigenvalue weighted by atomic mass is 79.9. The molecule has 0 aliphatic heterocycles. The molecule has 5 rings (SSSR count). The van der Waals surface area contributed by atoms with Gasteiger partial charge >= 0.3 is 0 Å². The fourth-order valence-electron chi connectivity index (χ4n) is 5.12. The number of hydrogen-bond donors (Lipinski definition) is 1. The van der Waals surface area contributed by atoms with Crippen LogP contribution < -0.4 is 5.32 Å². The third-order valence-electron chi connectivity index (χ3n) is 5.47. The highest BCUT2D eigenvalue weighted by Crippen LogP contribution is 2.55. The van der Waals surface area contributed by atoms with Crippen LogP contribution in [0.25, 0.3) is 0 Å². The van der Waals surface area contributed by atoms with Gasteiger partial charge in [-0.05, 0) is 84.3 Å². The lowest BCUT2D eigenvalue weighted by Gasteiger charge is -2.57. The first kappa shape index (κ1) is 12.3. The molecule has 3 heteroatoms. The molecule has 1 aromatic rings. The van der Waals surface area contributed by atoms with Gasteiger partial charge in [0.2, 0.25) is 0 Å². The third-order valence-corrected chi connectivity index (χ3v) is 5.94. The van der Waals surface area contributed by atoms with Gasteiger partial charge in [0.1, 0.15) is 0 Å². The number of nitrogens with one attached hydrogen (secondary N) is 1. The van der Waals surface area contributed by atoms with Gasteiger partial charge in [0, 0.05) is 22.8 Å². The minimum atomic E-state index is 0.448. The molecule has 2 nitrogen and oxygen atoms in total. The Morgan fingerprint density at radius 3 is 2.26 bits per heavy atom. The van der Waals surface area contributed by atoms with E-state index in [0.29, 0.717) is 5.54 Å². The van der Waals surface area contributed by atoms with Gasteiger partial charge in [0.05, 0.1) is 5.69 Å². The quantitative estimate of drug-likeness (QED) is 0.913. The summed E-state index contributed by atoms with van der Waals surface area (Å²) >= 11 is 3.45. The first-order valence-electron chi connectivity index (χ1n) is 7.56. The van der Waals surface area contributed by atoms with Gasteiger partial charge in [-0.3, -0.25) is 4.98 Å². The Morgan fingerprint density at radius 2 is 1.74 bits per heavy atom. The fraction of sp³-hybridized carbons (Fsp3) is 0.688. The average molecular weight is 321 g/mol. The van der Waals surface area contributed by atoms with Gasteiger partial charge < -0.3 is 5.32 Å². The molecule has 4 bridgehead atoms. The highest BCUT2D eigenvalue weighted by molar-refractivity contribution is 9.10. The molecule has 4 aliphatic rings. The second-order valence-electron chi connectivity index (χ2n) is 7.02. The Labute approximate surface area is 123 Å². The van der Waals surface area contributed by atoms with Crippen molar-refractivity contribution < 1.29 is 0 Å². The Bertz CT molecular complexity index is 433. The first-order chi connectivity index (χ1) is 9.21. The zero-order valence-electron chi connectivity index (χ0n) is 11.2. The van der Waals surface area contributed by atoms with Crippen molar-refractivity contribution in [2.24, 2.45) is 17.8 Å². The molecule has 4 saturated carbocycles. The molecule has 0 amide bonds. The lowest BCUT2D eigenvalue weighted by Crippen LogP contribution is -2.58. The Hall–Kier alpha value is -0.410. The molecule has 0 atom stereocenters. The van der Waals surface area contributed by atoms with Crippen LogP contribution in [0, 0.1) is 17.8 Å². The molecule has 0 unspecified atom stereocenters. The van der Waals surface area contributed by atoms with Crippen LogP contribution in [0.4, 0.5) is 0 Å². The van der Waals surface area contributed by atoms with Crippen molar-refractivity contribution >= 4 is 15.9 Å². The molecule has 1 heterocycles. The predicted octanol–water partition coefficient (Wildman–Crippen LogP) is 3.90. The summed E-state index contributed by atoms with van der Waals surface area (Å²) in [5.74, 6) is 3.03. The Kier molecular flexibility index (Phi) is 2.96. The van der Waals surface area contributed by atoms with Crippen LogP contribution in [-0.2, 0) is 6.54 Å². The van der Waals surface area contributed by atoms with Crippen LogP contribution in [-0.4, -0.2) is 10.5 Å². The molecule has 0 aromatic carbocycles. The maximum absolute atomic E-state index is 4.49. The van der Waals surface area contributed by atoms with Crippen molar-refractivity contribution in [3.63, 3.8) is 0 Å². The fourth-order valence-corrected chi connectivity index (χ4v) is 5.35. The van der Waals surface area contributed by atoms with Gasteiger partial charge in [-0.15, -0.1) is 0 Å². The summed E-state index contributed by atoms with van der Waals surface area (Å²) in [7, 11) is 0. The standard InChI is InChI=1S/C16H21BrN2/c17-14-1-2-15(18-9-14)10-19-16-6-11-3-12(7-16)5-13(4-11)8-16/h1-2,9,11-13,19H,3-8,10H2. The summed E-state index contributed by atoms with van der Waals surface area (Å²) < 4.78 is 1.06. The van der Waals surface area contributed by atoms with E-state index < -0.39 is 0 Å². The number of halogens is 1. The second kappa shape index (κ2) is 4.56. The van der Waals surface area contributed by atoms with Crippen LogP contribution in [0.15, 0.2) is 22.8 Å². The smallest absolute Gasteiger partial charge is 0.0542 e. The van der Waals surface area contributed by atoms with Gasteiger partial charge in [-0.1, -0.05) is 0 Å². The molecule has 0 saturated heterocycles. The van der Waals surface area contributed by atoms with E-state index in [9.17, 15) is 0 Å². The van der Waals surface area contributed by atoms with Crippen LogP contribution in [0.1, 0.15) is 44.2 Å². The normalized spacial score (nSPS) is 39.7. The molecule has 0 radical (unpaired) electrons. The predicted molar refractivity (Wildman–Crippen MR) is 79.7 cm³/mol. The van der Waals surface area contributed by atoms with E-state index in [1.54, 1.807) is 0 Å². The molecule has 4 aliphatic carbocycles. The zero-order chi connectivity index (χ0) is 12.9. The van der Waals surface area contributed by atoms with Crippen LogP contribution in [0.3, 0.4) is 0 Å². The molecule has 19 heavy (non-hydrogen) atoms. The van der Waals surface area contributed by atoms with E-state index in [1.165, 1.54) is 44.2 Å². The molecule has 1 N–H and O–H groups in total. The third kappa shape index (κ3) is 2.36. The highest BCUT2D eigenvalue weighted by Gasteiger charge is 2.50. The van der Waals surface area contributed by atoms with E-state index >= 15 is 0 Å². The number of rotatable bonds is 3. The van der Waals surface area contributed by atoms with Gasteiger partial charge in [-0.2, -0.15) is 0 Å². The van der Waals surface area contributed by atoms with Crippen molar-refractivity contribution in [3.8, 4) is 0 Å². The summed E-state index contributed by atoms with van der Waals surface area (Å²) in [6, 6.07) is 4.21. The van der Waals surface area contributed by atoms with Crippen LogP contribution >= 0.6 is 15.9 Å². The Morgan fingerprint density at radius 1 is 1.11 bits per heavy atom. The van der Waals surface area contributed by atoms with E-state index in [1.807, 2.05) is 6.20 Å². The SMILES string of the molecule is Brc1ccc(CNC23CC4CC(CC(C4)C2)C3)nc1. The maximum Gasteiger partial charge on any atom is 0.0542 e. The van der Waals surface area contributed by atoms with E-state index in [-0.39, 0.29) is 0 Å². The molecule has 0 spiro atoms. The van der Waals surface area contributed by atoms with Crippen molar-refractivity contribution in [1.82, 2.24) is 10.3 Å². The molecular weight excluding hydrogens is 300 g/mol. The minimum Gasteiger partial charge on any atom is -0.306 e. The summed E-state index contributed by atoms with van der Waals surface area (Å²) in [5, 5.41) is 3.89. The lowest BCUT2D eigenvalue weighted by atomic mass is 9.53. The largest absolute Gasteiger partial charge is 0.306 e. The van der Waals surface area contributed by atoms with Crippen molar-refractivity contribution in [1.29, 1.82) is 0 Å².